The molecule has 1 unspecified atom stereocenters. The zero-order valence-corrected chi connectivity index (χ0v) is 10.0. The molecule has 1 aliphatic heterocycles. The first-order chi connectivity index (χ1) is 8.28. The molecule has 1 aromatic rings. The van der Waals surface area contributed by atoms with Gasteiger partial charge in [0.2, 0.25) is 0 Å². The van der Waals surface area contributed by atoms with Crippen LogP contribution in [0, 0.1) is 0 Å². The van der Waals surface area contributed by atoms with E-state index in [2.05, 4.69) is 10.1 Å². The van der Waals surface area contributed by atoms with E-state index < -0.39 is 0 Å². The SMILES string of the molecule is NC1(c2noc(C3CCCCO3)n2)CCCC1. The minimum atomic E-state index is -0.365. The average molecular weight is 237 g/mol. The van der Waals surface area contributed by atoms with Crippen LogP contribution < -0.4 is 5.73 Å². The van der Waals surface area contributed by atoms with Gasteiger partial charge in [0.1, 0.15) is 6.10 Å². The second-order valence-corrected chi connectivity index (χ2v) is 5.17. The molecule has 94 valence electrons. The topological polar surface area (TPSA) is 74.2 Å². The summed E-state index contributed by atoms with van der Waals surface area (Å²) in [4.78, 5) is 4.46. The zero-order chi connectivity index (χ0) is 11.7. The quantitative estimate of drug-likeness (QED) is 0.852. The van der Waals surface area contributed by atoms with Crippen LogP contribution in [0.15, 0.2) is 4.52 Å². The van der Waals surface area contributed by atoms with Crippen molar-refractivity contribution in [3.05, 3.63) is 11.7 Å². The van der Waals surface area contributed by atoms with Crippen LogP contribution in [-0.4, -0.2) is 16.7 Å². The summed E-state index contributed by atoms with van der Waals surface area (Å²) in [6.07, 6.45) is 7.46. The third-order valence-corrected chi connectivity index (χ3v) is 3.84. The molecule has 1 aliphatic carbocycles. The van der Waals surface area contributed by atoms with Gasteiger partial charge < -0.3 is 15.0 Å². The van der Waals surface area contributed by atoms with Crippen molar-refractivity contribution in [2.75, 3.05) is 6.61 Å². The Morgan fingerprint density at radius 3 is 2.71 bits per heavy atom. The number of hydrogen-bond acceptors (Lipinski definition) is 5. The van der Waals surface area contributed by atoms with E-state index in [0.29, 0.717) is 11.7 Å². The van der Waals surface area contributed by atoms with Crippen LogP contribution in [0.2, 0.25) is 0 Å². The highest BCUT2D eigenvalue weighted by atomic mass is 16.5. The summed E-state index contributed by atoms with van der Waals surface area (Å²) in [5, 5.41) is 4.05. The number of hydrogen-bond donors (Lipinski definition) is 1. The minimum Gasteiger partial charge on any atom is -0.368 e. The summed E-state index contributed by atoms with van der Waals surface area (Å²) in [5.41, 5.74) is 5.93. The molecule has 0 amide bonds. The molecule has 17 heavy (non-hydrogen) atoms. The van der Waals surface area contributed by atoms with Gasteiger partial charge in [-0.2, -0.15) is 4.98 Å². The first kappa shape index (κ1) is 11.2. The van der Waals surface area contributed by atoms with Crippen LogP contribution in [0.1, 0.15) is 62.8 Å². The van der Waals surface area contributed by atoms with Crippen LogP contribution in [-0.2, 0) is 10.3 Å². The van der Waals surface area contributed by atoms with Gasteiger partial charge in [-0.25, -0.2) is 0 Å². The molecule has 1 saturated carbocycles. The number of ether oxygens (including phenoxy) is 1. The molecule has 0 spiro atoms. The summed E-state index contributed by atoms with van der Waals surface area (Å²) in [6.45, 7) is 0.788. The van der Waals surface area contributed by atoms with Crippen LogP contribution in [0.5, 0.6) is 0 Å². The molecule has 1 atom stereocenters. The molecule has 1 saturated heterocycles. The van der Waals surface area contributed by atoms with E-state index in [1.54, 1.807) is 0 Å². The van der Waals surface area contributed by atoms with E-state index in [1.165, 1.54) is 0 Å². The maximum atomic E-state index is 6.30. The first-order valence-corrected chi connectivity index (χ1v) is 6.52. The average Bonchev–Trinajstić information content (AvgIpc) is 2.99. The largest absolute Gasteiger partial charge is 0.368 e. The monoisotopic (exact) mass is 237 g/mol. The Hall–Kier alpha value is -0.940. The minimum absolute atomic E-state index is 0.0185. The fourth-order valence-corrected chi connectivity index (χ4v) is 2.73. The van der Waals surface area contributed by atoms with Crippen molar-refractivity contribution < 1.29 is 9.26 Å². The van der Waals surface area contributed by atoms with Gasteiger partial charge in [0.25, 0.3) is 5.89 Å². The highest BCUT2D eigenvalue weighted by Crippen LogP contribution is 2.35. The van der Waals surface area contributed by atoms with E-state index in [0.717, 1.165) is 51.6 Å². The molecule has 2 aliphatic rings. The van der Waals surface area contributed by atoms with Gasteiger partial charge in [-0.15, -0.1) is 0 Å². The van der Waals surface area contributed by atoms with E-state index in [1.807, 2.05) is 0 Å². The predicted octanol–water partition coefficient (Wildman–Crippen LogP) is 2.04. The van der Waals surface area contributed by atoms with Gasteiger partial charge in [-0.1, -0.05) is 18.0 Å². The van der Waals surface area contributed by atoms with Gasteiger partial charge >= 0.3 is 0 Å². The molecule has 2 heterocycles. The van der Waals surface area contributed by atoms with Crippen molar-refractivity contribution in [2.45, 2.75) is 56.6 Å². The van der Waals surface area contributed by atoms with Gasteiger partial charge in [0, 0.05) is 6.61 Å². The van der Waals surface area contributed by atoms with Crippen LogP contribution >= 0.6 is 0 Å². The van der Waals surface area contributed by atoms with E-state index in [-0.39, 0.29) is 11.6 Å². The number of nitrogens with zero attached hydrogens (tertiary/aromatic N) is 2. The molecule has 2 fully saturated rings. The van der Waals surface area contributed by atoms with Crippen molar-refractivity contribution >= 4 is 0 Å². The van der Waals surface area contributed by atoms with Gasteiger partial charge in [-0.3, -0.25) is 0 Å². The maximum absolute atomic E-state index is 6.30. The lowest BCUT2D eigenvalue weighted by Crippen LogP contribution is -2.34. The van der Waals surface area contributed by atoms with E-state index in [4.69, 9.17) is 15.0 Å². The normalized spacial score (nSPS) is 28.4. The Morgan fingerprint density at radius 1 is 1.18 bits per heavy atom. The summed E-state index contributed by atoms with van der Waals surface area (Å²) in [7, 11) is 0. The Bertz CT molecular complexity index is 379. The lowest BCUT2D eigenvalue weighted by Gasteiger charge is -2.19. The summed E-state index contributed by atoms with van der Waals surface area (Å²) in [5.74, 6) is 1.27. The zero-order valence-electron chi connectivity index (χ0n) is 10.0. The third-order valence-electron chi connectivity index (χ3n) is 3.84. The molecule has 0 radical (unpaired) electrons. The van der Waals surface area contributed by atoms with Crippen molar-refractivity contribution in [1.82, 2.24) is 10.1 Å². The molecular formula is C12H19N3O2. The highest BCUT2D eigenvalue weighted by molar-refractivity contribution is 5.07. The predicted molar refractivity (Wildman–Crippen MR) is 61.2 cm³/mol. The lowest BCUT2D eigenvalue weighted by atomic mass is 9.98. The van der Waals surface area contributed by atoms with E-state index >= 15 is 0 Å². The number of rotatable bonds is 2. The van der Waals surface area contributed by atoms with Crippen LogP contribution in [0.4, 0.5) is 0 Å². The smallest absolute Gasteiger partial charge is 0.255 e. The summed E-state index contributed by atoms with van der Waals surface area (Å²) >= 11 is 0. The molecule has 5 nitrogen and oxygen atoms in total. The molecule has 3 rings (SSSR count). The van der Waals surface area contributed by atoms with Crippen molar-refractivity contribution in [3.8, 4) is 0 Å². The van der Waals surface area contributed by atoms with Gasteiger partial charge in [-0.05, 0) is 32.1 Å². The van der Waals surface area contributed by atoms with Crippen molar-refractivity contribution in [2.24, 2.45) is 5.73 Å². The van der Waals surface area contributed by atoms with Crippen LogP contribution in [0.3, 0.4) is 0 Å². The molecule has 0 bridgehead atoms. The van der Waals surface area contributed by atoms with Gasteiger partial charge in [0.15, 0.2) is 5.82 Å². The number of aromatic nitrogens is 2. The second kappa shape index (κ2) is 4.38. The standard InChI is InChI=1S/C12H19N3O2/c13-12(6-2-3-7-12)11-14-10(17-15-11)9-5-1-4-8-16-9/h9H,1-8,13H2. The summed E-state index contributed by atoms with van der Waals surface area (Å²) in [6, 6.07) is 0. The Kier molecular flexibility index (Phi) is 2.88. The Morgan fingerprint density at radius 2 is 2.00 bits per heavy atom. The summed E-state index contributed by atoms with van der Waals surface area (Å²) < 4.78 is 11.0. The van der Waals surface area contributed by atoms with Crippen molar-refractivity contribution in [1.29, 1.82) is 0 Å². The second-order valence-electron chi connectivity index (χ2n) is 5.17. The Balaban J connectivity index is 1.77. The van der Waals surface area contributed by atoms with Gasteiger partial charge in [0.05, 0.1) is 5.54 Å². The molecule has 1 aromatic heterocycles. The number of nitrogens with two attached hydrogens (primary N) is 1. The fraction of sp³-hybridized carbons (Fsp3) is 0.833. The fourth-order valence-electron chi connectivity index (χ4n) is 2.73. The molecule has 5 heteroatoms. The van der Waals surface area contributed by atoms with E-state index in [9.17, 15) is 0 Å². The Labute approximate surface area is 101 Å². The van der Waals surface area contributed by atoms with Crippen LogP contribution in [0.25, 0.3) is 0 Å². The third kappa shape index (κ3) is 2.09. The molecule has 2 N–H and O–H groups in total. The molecular weight excluding hydrogens is 218 g/mol. The van der Waals surface area contributed by atoms with Crippen molar-refractivity contribution in [3.63, 3.8) is 0 Å². The maximum Gasteiger partial charge on any atom is 0.255 e. The first-order valence-electron chi connectivity index (χ1n) is 6.52. The molecule has 0 aromatic carbocycles. The highest BCUT2D eigenvalue weighted by Gasteiger charge is 2.36. The lowest BCUT2D eigenvalue weighted by molar-refractivity contribution is -0.00459.